The highest BCUT2D eigenvalue weighted by Gasteiger charge is 2.47. The zero-order valence-electron chi connectivity index (χ0n) is 15.5. The maximum absolute atomic E-state index is 14.7. The Morgan fingerprint density at radius 2 is 1.83 bits per heavy atom. The summed E-state index contributed by atoms with van der Waals surface area (Å²) in [4.78, 5) is 25.5. The fraction of sp³-hybridized carbons (Fsp3) is 0.300. The molecule has 5 nitrogen and oxygen atoms in total. The van der Waals surface area contributed by atoms with Gasteiger partial charge in [0, 0.05) is 30.4 Å². The lowest BCUT2D eigenvalue weighted by atomic mass is 10.0. The molecular weight excluding hydrogens is 390 g/mol. The van der Waals surface area contributed by atoms with E-state index in [-0.39, 0.29) is 29.9 Å². The van der Waals surface area contributed by atoms with E-state index in [0.717, 1.165) is 17.0 Å². The van der Waals surface area contributed by atoms with Crippen LogP contribution in [0.2, 0.25) is 0 Å². The fourth-order valence-corrected chi connectivity index (χ4v) is 3.12. The van der Waals surface area contributed by atoms with E-state index in [1.54, 1.807) is 0 Å². The Balaban J connectivity index is 1.85. The predicted molar refractivity (Wildman–Crippen MR) is 98.6 cm³/mol. The Morgan fingerprint density at radius 1 is 1.14 bits per heavy atom. The predicted octanol–water partition coefficient (Wildman–Crippen LogP) is 3.18. The van der Waals surface area contributed by atoms with Crippen LogP contribution in [0.1, 0.15) is 27.9 Å². The number of aryl methyl sites for hydroxylation is 1. The van der Waals surface area contributed by atoms with E-state index in [2.05, 4.69) is 5.32 Å². The molecule has 1 fully saturated rings. The summed E-state index contributed by atoms with van der Waals surface area (Å²) in [5.74, 6) is -8.29. The minimum absolute atomic E-state index is 0.0415. The number of rotatable bonds is 4. The van der Waals surface area contributed by atoms with Crippen LogP contribution in [0.5, 0.6) is 0 Å². The number of alkyl halides is 2. The van der Waals surface area contributed by atoms with Crippen LogP contribution in [0, 0.1) is 18.6 Å². The number of amides is 2. The molecule has 0 aliphatic carbocycles. The minimum atomic E-state index is -4.16. The topological polar surface area (TPSA) is 75.4 Å². The van der Waals surface area contributed by atoms with E-state index in [4.69, 9.17) is 5.73 Å². The summed E-state index contributed by atoms with van der Waals surface area (Å²) in [6.45, 7) is 1.51. The van der Waals surface area contributed by atoms with E-state index >= 15 is 0 Å². The average Bonchev–Trinajstić information content (AvgIpc) is 3.10. The Bertz CT molecular complexity index is 965. The number of nitrogens with one attached hydrogen (secondary N) is 1. The maximum atomic E-state index is 14.7. The van der Waals surface area contributed by atoms with E-state index in [0.29, 0.717) is 18.6 Å². The number of carbonyl (C=O) groups is 2. The largest absolute Gasteiger partial charge is 0.352 e. The van der Waals surface area contributed by atoms with E-state index < -0.39 is 41.0 Å². The first kappa shape index (κ1) is 20.8. The van der Waals surface area contributed by atoms with Crippen LogP contribution in [0.15, 0.2) is 36.4 Å². The smallest absolute Gasteiger partial charge is 0.336 e. The Kier molecular flexibility index (Phi) is 5.61. The summed E-state index contributed by atoms with van der Waals surface area (Å²) >= 11 is 0. The van der Waals surface area contributed by atoms with Gasteiger partial charge in [0.05, 0.1) is 5.56 Å². The molecule has 1 atom stereocenters. The van der Waals surface area contributed by atoms with Gasteiger partial charge in [-0.1, -0.05) is 0 Å². The van der Waals surface area contributed by atoms with Gasteiger partial charge in [-0.2, -0.15) is 8.78 Å². The lowest BCUT2D eigenvalue weighted by molar-refractivity contribution is -0.158. The second kappa shape index (κ2) is 7.82. The zero-order chi connectivity index (χ0) is 21.3. The van der Waals surface area contributed by atoms with Gasteiger partial charge >= 0.3 is 5.92 Å². The third-order valence-electron chi connectivity index (χ3n) is 4.76. The first-order valence-corrected chi connectivity index (χ1v) is 8.90. The van der Waals surface area contributed by atoms with Crippen LogP contribution in [0.25, 0.3) is 0 Å². The Hall–Kier alpha value is -2.94. The molecule has 2 aromatic rings. The van der Waals surface area contributed by atoms with Crippen molar-refractivity contribution < 1.29 is 27.2 Å². The van der Waals surface area contributed by atoms with Crippen LogP contribution >= 0.6 is 0 Å². The number of nitrogens with zero attached hydrogens (tertiary/aromatic N) is 1. The third kappa shape index (κ3) is 4.24. The number of hydrogen-bond acceptors (Lipinski definition) is 3. The number of halogens is 4. The maximum Gasteiger partial charge on any atom is 0.352 e. The molecule has 29 heavy (non-hydrogen) atoms. The summed E-state index contributed by atoms with van der Waals surface area (Å²) < 4.78 is 56.9. The molecule has 9 heteroatoms. The first-order chi connectivity index (χ1) is 13.6. The van der Waals surface area contributed by atoms with Gasteiger partial charge in [0.25, 0.3) is 11.8 Å². The van der Waals surface area contributed by atoms with Crippen LogP contribution in [0.4, 0.5) is 23.2 Å². The average molecular weight is 409 g/mol. The monoisotopic (exact) mass is 409 g/mol. The van der Waals surface area contributed by atoms with Crippen LogP contribution < -0.4 is 11.1 Å². The summed E-state index contributed by atoms with van der Waals surface area (Å²) in [5, 5.41) is 2.43. The van der Waals surface area contributed by atoms with Crippen molar-refractivity contribution in [2.24, 2.45) is 5.73 Å². The molecule has 1 saturated heterocycles. The third-order valence-corrected chi connectivity index (χ3v) is 4.76. The molecule has 0 aromatic heterocycles. The molecule has 0 saturated carbocycles. The molecule has 0 bridgehead atoms. The highest BCUT2D eigenvalue weighted by atomic mass is 19.3. The molecule has 3 N–H and O–H groups in total. The highest BCUT2D eigenvalue weighted by molar-refractivity contribution is 6.04. The summed E-state index contributed by atoms with van der Waals surface area (Å²) in [6.07, 6.45) is 0.379. The van der Waals surface area contributed by atoms with Crippen molar-refractivity contribution in [2.45, 2.75) is 25.3 Å². The molecular formula is C20H19F4N3O2. The molecule has 1 unspecified atom stereocenters. The standard InChI is InChI=1S/C20H19F4N3O2/c1-11-8-14(3-5-16(11)21)26-18(28)12-2-4-17(22)15(9-12)20(23,24)19(29)27-7-6-13(25)10-27/h2-5,8-9,13H,6-7,10,25H2,1H3,(H,26,28). The number of likely N-dealkylation sites (tertiary alicyclic amines) is 1. The molecule has 0 radical (unpaired) electrons. The van der Waals surface area contributed by atoms with Gasteiger partial charge in [-0.3, -0.25) is 9.59 Å². The van der Waals surface area contributed by atoms with Gasteiger partial charge in [0.2, 0.25) is 0 Å². The van der Waals surface area contributed by atoms with Gasteiger partial charge < -0.3 is 16.0 Å². The second-order valence-electron chi connectivity index (χ2n) is 6.99. The van der Waals surface area contributed by atoms with Crippen LogP contribution in [-0.4, -0.2) is 35.8 Å². The van der Waals surface area contributed by atoms with Crippen molar-refractivity contribution in [2.75, 3.05) is 18.4 Å². The molecule has 0 spiro atoms. The van der Waals surface area contributed by atoms with E-state index in [9.17, 15) is 27.2 Å². The summed E-state index contributed by atoms with van der Waals surface area (Å²) in [7, 11) is 0. The number of anilines is 1. The lowest BCUT2D eigenvalue weighted by Crippen LogP contribution is -2.42. The molecule has 2 aromatic carbocycles. The first-order valence-electron chi connectivity index (χ1n) is 8.90. The summed E-state index contributed by atoms with van der Waals surface area (Å²) in [5.41, 5.74) is 4.71. The van der Waals surface area contributed by atoms with Crippen molar-refractivity contribution in [3.63, 3.8) is 0 Å². The van der Waals surface area contributed by atoms with Gasteiger partial charge in [0.1, 0.15) is 11.6 Å². The molecule has 2 amide bonds. The second-order valence-corrected chi connectivity index (χ2v) is 6.99. The SMILES string of the molecule is Cc1cc(NC(=O)c2ccc(F)c(C(F)(F)C(=O)N3CCC(N)C3)c2)ccc1F. The minimum Gasteiger partial charge on any atom is -0.336 e. The van der Waals surface area contributed by atoms with Gasteiger partial charge in [-0.15, -0.1) is 0 Å². The highest BCUT2D eigenvalue weighted by Crippen LogP contribution is 2.34. The number of nitrogens with two attached hydrogens (primary N) is 1. The van der Waals surface area contributed by atoms with E-state index in [1.165, 1.54) is 19.1 Å². The quantitative estimate of drug-likeness (QED) is 0.762. The van der Waals surface area contributed by atoms with Crippen molar-refractivity contribution >= 4 is 17.5 Å². The number of carbonyl (C=O) groups excluding carboxylic acids is 2. The van der Waals surface area contributed by atoms with Crippen molar-refractivity contribution in [3.8, 4) is 0 Å². The number of benzene rings is 2. The normalized spacial score (nSPS) is 16.8. The Morgan fingerprint density at radius 3 is 2.45 bits per heavy atom. The fourth-order valence-electron chi connectivity index (χ4n) is 3.12. The molecule has 154 valence electrons. The number of hydrogen-bond donors (Lipinski definition) is 2. The molecule has 1 heterocycles. The van der Waals surface area contributed by atoms with Gasteiger partial charge in [0.15, 0.2) is 0 Å². The molecule has 3 rings (SSSR count). The van der Waals surface area contributed by atoms with Crippen LogP contribution in [0.3, 0.4) is 0 Å². The van der Waals surface area contributed by atoms with Crippen LogP contribution in [-0.2, 0) is 10.7 Å². The van der Waals surface area contributed by atoms with Gasteiger partial charge in [-0.05, 0) is 55.3 Å². The van der Waals surface area contributed by atoms with Crippen molar-refractivity contribution in [1.82, 2.24) is 4.90 Å². The van der Waals surface area contributed by atoms with Crippen molar-refractivity contribution in [1.29, 1.82) is 0 Å². The van der Waals surface area contributed by atoms with Gasteiger partial charge in [-0.25, -0.2) is 8.78 Å². The summed E-state index contributed by atoms with van der Waals surface area (Å²) in [6, 6.07) is 5.79. The zero-order valence-corrected chi connectivity index (χ0v) is 15.5. The lowest BCUT2D eigenvalue weighted by Gasteiger charge is -2.23. The van der Waals surface area contributed by atoms with Crippen molar-refractivity contribution in [3.05, 3.63) is 64.7 Å². The van der Waals surface area contributed by atoms with E-state index in [1.807, 2.05) is 0 Å². The molecule has 1 aliphatic heterocycles. The Labute approximate surface area is 164 Å². The molecule has 1 aliphatic rings.